The molecule has 0 saturated carbocycles. The Morgan fingerprint density at radius 3 is 2.04 bits per heavy atom. The first-order valence-corrected chi connectivity index (χ1v) is 10.5. The van der Waals surface area contributed by atoms with Gasteiger partial charge in [-0.2, -0.15) is 0 Å². The summed E-state index contributed by atoms with van der Waals surface area (Å²) in [4.78, 5) is 37.3. The van der Waals surface area contributed by atoms with E-state index in [4.69, 9.17) is 11.5 Å². The third-order valence-corrected chi connectivity index (χ3v) is 4.86. The number of ketones is 1. The molecule has 8 nitrogen and oxygen atoms in total. The van der Waals surface area contributed by atoms with Gasteiger partial charge in [0, 0.05) is 12.3 Å². The molecule has 0 radical (unpaired) electrons. The van der Waals surface area contributed by atoms with Crippen molar-refractivity contribution in [1.29, 1.82) is 0 Å². The summed E-state index contributed by atoms with van der Waals surface area (Å²) in [5.74, 6) is -1.30. The summed E-state index contributed by atoms with van der Waals surface area (Å²) in [6.45, 7) is 5.89. The van der Waals surface area contributed by atoms with Gasteiger partial charge >= 0.3 is 0 Å². The molecule has 7 N–H and O–H groups in total. The second-order valence-corrected chi connectivity index (χ2v) is 7.31. The van der Waals surface area contributed by atoms with Gasteiger partial charge in [0.15, 0.2) is 5.78 Å². The number of amides is 2. The molecule has 0 aromatic rings. The minimum Gasteiger partial charge on any atom is -0.391 e. The van der Waals surface area contributed by atoms with Crippen molar-refractivity contribution in [2.45, 2.75) is 90.3 Å². The molecule has 0 aliphatic carbocycles. The fraction of sp³-hybridized carbons (Fsp3) is 0.850. The first kappa shape index (κ1) is 26.5. The predicted octanol–water partition coefficient (Wildman–Crippen LogP) is 0.600. The first-order chi connectivity index (χ1) is 13.3. The molecule has 0 rings (SSSR count). The Morgan fingerprint density at radius 1 is 0.893 bits per heavy atom. The SMILES string of the molecule is CCCCCCC(CCN)C(=O)N[C@H](C(=O)N[C@@H](CCN)C(=O)CC)[C@H](C)O. The molecule has 0 aromatic carbocycles. The molecule has 0 saturated heterocycles. The van der Waals surface area contributed by atoms with E-state index in [1.807, 2.05) is 0 Å². The number of hydrogen-bond acceptors (Lipinski definition) is 6. The number of rotatable bonds is 16. The zero-order valence-electron chi connectivity index (χ0n) is 17.7. The van der Waals surface area contributed by atoms with Gasteiger partial charge in [0.05, 0.1) is 12.1 Å². The Hall–Kier alpha value is -1.51. The van der Waals surface area contributed by atoms with Crippen molar-refractivity contribution >= 4 is 17.6 Å². The summed E-state index contributed by atoms with van der Waals surface area (Å²) in [7, 11) is 0. The molecule has 0 aliphatic heterocycles. The van der Waals surface area contributed by atoms with Crippen LogP contribution in [0, 0.1) is 5.92 Å². The van der Waals surface area contributed by atoms with Gasteiger partial charge in [0.2, 0.25) is 11.8 Å². The fourth-order valence-electron chi connectivity index (χ4n) is 3.09. The molecule has 4 atom stereocenters. The Balaban J connectivity index is 5.00. The van der Waals surface area contributed by atoms with Crippen LogP contribution in [0.1, 0.15) is 72.1 Å². The highest BCUT2D eigenvalue weighted by Crippen LogP contribution is 2.15. The lowest BCUT2D eigenvalue weighted by Crippen LogP contribution is -2.56. The molecular weight excluding hydrogens is 360 g/mol. The van der Waals surface area contributed by atoms with Gasteiger partial charge in [0.1, 0.15) is 6.04 Å². The van der Waals surface area contributed by atoms with Gasteiger partial charge in [-0.15, -0.1) is 0 Å². The highest BCUT2D eigenvalue weighted by atomic mass is 16.3. The van der Waals surface area contributed by atoms with Crippen molar-refractivity contribution in [2.75, 3.05) is 13.1 Å². The maximum Gasteiger partial charge on any atom is 0.245 e. The quantitative estimate of drug-likeness (QED) is 0.240. The van der Waals surface area contributed by atoms with Crippen molar-refractivity contribution < 1.29 is 19.5 Å². The first-order valence-electron chi connectivity index (χ1n) is 10.5. The number of carbonyl (C=O) groups excluding carboxylic acids is 3. The lowest BCUT2D eigenvalue weighted by Gasteiger charge is -2.26. The van der Waals surface area contributed by atoms with Gasteiger partial charge in [-0.3, -0.25) is 14.4 Å². The molecule has 164 valence electrons. The van der Waals surface area contributed by atoms with Crippen molar-refractivity contribution in [2.24, 2.45) is 17.4 Å². The average Bonchev–Trinajstić information content (AvgIpc) is 2.66. The molecule has 8 heteroatoms. The molecule has 0 aromatic heterocycles. The van der Waals surface area contributed by atoms with Crippen LogP contribution in [0.3, 0.4) is 0 Å². The summed E-state index contributed by atoms with van der Waals surface area (Å²) in [5.41, 5.74) is 11.2. The van der Waals surface area contributed by atoms with Crippen molar-refractivity contribution in [3.05, 3.63) is 0 Å². The molecule has 0 heterocycles. The van der Waals surface area contributed by atoms with Gasteiger partial charge in [-0.1, -0.05) is 39.5 Å². The summed E-state index contributed by atoms with van der Waals surface area (Å²) in [5, 5.41) is 15.3. The van der Waals surface area contributed by atoms with Crippen LogP contribution in [0.2, 0.25) is 0 Å². The molecule has 0 spiro atoms. The van der Waals surface area contributed by atoms with Crippen molar-refractivity contribution in [3.8, 4) is 0 Å². The van der Waals surface area contributed by atoms with E-state index in [2.05, 4.69) is 17.6 Å². The molecule has 1 unspecified atom stereocenters. The van der Waals surface area contributed by atoms with Crippen LogP contribution in [-0.2, 0) is 14.4 Å². The predicted molar refractivity (Wildman–Crippen MR) is 110 cm³/mol. The lowest BCUT2D eigenvalue weighted by atomic mass is 9.95. The fourth-order valence-corrected chi connectivity index (χ4v) is 3.09. The van der Waals surface area contributed by atoms with Crippen molar-refractivity contribution in [3.63, 3.8) is 0 Å². The second kappa shape index (κ2) is 15.4. The maximum atomic E-state index is 12.7. The Bertz CT molecular complexity index is 471. The lowest BCUT2D eigenvalue weighted by molar-refractivity contribution is -0.135. The Kier molecular flexibility index (Phi) is 14.6. The molecule has 28 heavy (non-hydrogen) atoms. The average molecular weight is 401 g/mol. The van der Waals surface area contributed by atoms with Crippen LogP contribution < -0.4 is 22.1 Å². The van der Waals surface area contributed by atoms with E-state index in [-0.39, 0.29) is 30.6 Å². The van der Waals surface area contributed by atoms with Crippen LogP contribution in [0.15, 0.2) is 0 Å². The Morgan fingerprint density at radius 2 is 1.54 bits per heavy atom. The number of Topliss-reactive ketones (excluding diaryl/α,β-unsaturated/α-hetero) is 1. The normalized spacial score (nSPS) is 15.4. The minimum absolute atomic E-state index is 0.133. The summed E-state index contributed by atoms with van der Waals surface area (Å²) in [6.07, 6.45) is 4.89. The van der Waals surface area contributed by atoms with E-state index in [1.165, 1.54) is 6.92 Å². The van der Waals surface area contributed by atoms with Crippen LogP contribution >= 0.6 is 0 Å². The number of nitrogens with one attached hydrogen (secondary N) is 2. The van der Waals surface area contributed by atoms with E-state index < -0.39 is 24.1 Å². The number of hydrogen-bond donors (Lipinski definition) is 5. The van der Waals surface area contributed by atoms with Crippen LogP contribution in [0.4, 0.5) is 0 Å². The zero-order chi connectivity index (χ0) is 21.5. The maximum absolute atomic E-state index is 12.7. The smallest absolute Gasteiger partial charge is 0.245 e. The highest BCUT2D eigenvalue weighted by molar-refractivity contribution is 5.93. The number of aliphatic hydroxyl groups is 1. The van der Waals surface area contributed by atoms with E-state index in [0.29, 0.717) is 25.8 Å². The summed E-state index contributed by atoms with van der Waals surface area (Å²) in [6, 6.07) is -1.84. The number of unbranched alkanes of at least 4 members (excludes halogenated alkanes) is 3. The van der Waals surface area contributed by atoms with Crippen LogP contribution in [0.5, 0.6) is 0 Å². The van der Waals surface area contributed by atoms with Gasteiger partial charge < -0.3 is 27.2 Å². The van der Waals surface area contributed by atoms with E-state index in [9.17, 15) is 19.5 Å². The molecule has 0 bridgehead atoms. The number of aliphatic hydroxyl groups excluding tert-OH is 1. The highest BCUT2D eigenvalue weighted by Gasteiger charge is 2.30. The second-order valence-electron chi connectivity index (χ2n) is 7.31. The largest absolute Gasteiger partial charge is 0.391 e. The third kappa shape index (κ3) is 10.1. The van der Waals surface area contributed by atoms with E-state index in [1.54, 1.807) is 6.92 Å². The van der Waals surface area contributed by atoms with Gasteiger partial charge in [-0.25, -0.2) is 0 Å². The summed E-state index contributed by atoms with van der Waals surface area (Å²) >= 11 is 0. The van der Waals surface area contributed by atoms with Crippen molar-refractivity contribution in [1.82, 2.24) is 10.6 Å². The summed E-state index contributed by atoms with van der Waals surface area (Å²) < 4.78 is 0. The van der Waals surface area contributed by atoms with E-state index in [0.717, 1.165) is 25.7 Å². The molecule has 0 fully saturated rings. The number of carbonyl (C=O) groups is 3. The van der Waals surface area contributed by atoms with Crippen LogP contribution in [-0.4, -0.2) is 54.0 Å². The van der Waals surface area contributed by atoms with Crippen LogP contribution in [0.25, 0.3) is 0 Å². The van der Waals surface area contributed by atoms with E-state index >= 15 is 0 Å². The standard InChI is InChI=1S/C20H40N4O4/c1-4-6-7-8-9-15(10-12-21)19(27)24-18(14(3)25)20(28)23-16(11-13-22)17(26)5-2/h14-16,18,25H,4-13,21-22H2,1-3H3,(H,23,28)(H,24,27)/t14-,15?,16-,18-/m0/s1. The molecule has 2 amide bonds. The molecule has 0 aliphatic rings. The zero-order valence-corrected chi connectivity index (χ0v) is 17.7. The number of nitrogens with two attached hydrogens (primary N) is 2. The Labute approximate surface area is 169 Å². The topological polar surface area (TPSA) is 148 Å². The third-order valence-electron chi connectivity index (χ3n) is 4.86. The minimum atomic E-state index is -1.13. The van der Waals surface area contributed by atoms with Gasteiger partial charge in [0.25, 0.3) is 0 Å². The van der Waals surface area contributed by atoms with Gasteiger partial charge in [-0.05, 0) is 39.3 Å². The monoisotopic (exact) mass is 400 g/mol. The molecular formula is C20H40N4O4.